The van der Waals surface area contributed by atoms with Crippen LogP contribution in [0.25, 0.3) is 0 Å². The van der Waals surface area contributed by atoms with Crippen molar-refractivity contribution in [3.63, 3.8) is 0 Å². The summed E-state index contributed by atoms with van der Waals surface area (Å²) in [5, 5.41) is 2.52. The molecule has 30 heavy (non-hydrogen) atoms. The summed E-state index contributed by atoms with van der Waals surface area (Å²) in [6, 6.07) is 10.5. The van der Waals surface area contributed by atoms with Crippen LogP contribution in [-0.2, 0) is 20.0 Å². The molecule has 0 atom stereocenters. The minimum Gasteiger partial charge on any atom is -0.352 e. The highest BCUT2D eigenvalue weighted by atomic mass is 32.2. The number of halogens is 1. The first-order valence-corrected chi connectivity index (χ1v) is 12.3. The molecule has 0 aromatic heterocycles. The average Bonchev–Trinajstić information content (AvgIpc) is 3.51. The molecule has 1 saturated carbocycles. The molecule has 162 valence electrons. The van der Waals surface area contributed by atoms with Crippen molar-refractivity contribution in [1.82, 2.24) is 14.8 Å². The van der Waals surface area contributed by atoms with Crippen molar-refractivity contribution >= 4 is 26.0 Å². The lowest BCUT2D eigenvalue weighted by Crippen LogP contribution is -2.30. The fraction of sp³-hybridized carbons (Fsp3) is 0.316. The molecular weight excluding hydrogens is 433 g/mol. The predicted octanol–water partition coefficient (Wildman–Crippen LogP) is 1.36. The van der Waals surface area contributed by atoms with Crippen LogP contribution >= 0.6 is 0 Å². The van der Waals surface area contributed by atoms with E-state index in [0.717, 1.165) is 12.8 Å². The molecule has 1 amide bonds. The summed E-state index contributed by atoms with van der Waals surface area (Å²) >= 11 is 0. The van der Waals surface area contributed by atoms with Gasteiger partial charge in [-0.15, -0.1) is 0 Å². The van der Waals surface area contributed by atoms with Crippen LogP contribution in [0.15, 0.2) is 58.3 Å². The van der Waals surface area contributed by atoms with E-state index >= 15 is 0 Å². The van der Waals surface area contributed by atoms with Crippen LogP contribution in [0.2, 0.25) is 0 Å². The van der Waals surface area contributed by atoms with Crippen molar-refractivity contribution in [3.05, 3.63) is 59.9 Å². The molecule has 0 bridgehead atoms. The van der Waals surface area contributed by atoms with Gasteiger partial charge in [-0.2, -0.15) is 0 Å². The van der Waals surface area contributed by atoms with Gasteiger partial charge in [-0.05, 0) is 55.7 Å². The number of carbonyl (C=O) groups is 1. The summed E-state index contributed by atoms with van der Waals surface area (Å²) < 4.78 is 67.4. The molecule has 0 aliphatic heterocycles. The summed E-state index contributed by atoms with van der Waals surface area (Å²) in [6.07, 6.45) is 1.89. The zero-order chi connectivity index (χ0) is 21.8. The van der Waals surface area contributed by atoms with Crippen molar-refractivity contribution < 1.29 is 26.0 Å². The molecule has 2 aromatic rings. The maximum Gasteiger partial charge on any atom is 0.254 e. The highest BCUT2D eigenvalue weighted by Crippen LogP contribution is 2.22. The summed E-state index contributed by atoms with van der Waals surface area (Å²) in [4.78, 5) is 11.8. The smallest absolute Gasteiger partial charge is 0.254 e. The predicted molar refractivity (Wildman–Crippen MR) is 108 cm³/mol. The second kappa shape index (κ2) is 9.21. The minimum absolute atomic E-state index is 0.00389. The van der Waals surface area contributed by atoms with Crippen molar-refractivity contribution in [2.75, 3.05) is 13.1 Å². The number of benzene rings is 2. The molecule has 0 radical (unpaired) electrons. The Hall–Kier alpha value is -2.34. The van der Waals surface area contributed by atoms with Gasteiger partial charge in [0.2, 0.25) is 20.0 Å². The number of hydrogen-bond acceptors (Lipinski definition) is 5. The van der Waals surface area contributed by atoms with Crippen LogP contribution in [0, 0.1) is 5.82 Å². The normalized spacial score (nSPS) is 14.4. The Labute approximate surface area is 175 Å². The van der Waals surface area contributed by atoms with Gasteiger partial charge >= 0.3 is 0 Å². The average molecular weight is 456 g/mol. The van der Waals surface area contributed by atoms with Crippen LogP contribution in [0.4, 0.5) is 4.39 Å². The minimum atomic E-state index is -3.83. The van der Waals surface area contributed by atoms with Gasteiger partial charge in [-0.25, -0.2) is 30.7 Å². The topological polar surface area (TPSA) is 121 Å². The van der Waals surface area contributed by atoms with E-state index in [9.17, 15) is 26.0 Å². The summed E-state index contributed by atoms with van der Waals surface area (Å²) in [5.74, 6) is -1.21. The Bertz CT molecular complexity index is 1120. The maximum atomic E-state index is 13.5. The number of nitrogens with one attached hydrogen (secondary N) is 3. The first-order valence-electron chi connectivity index (χ1n) is 9.34. The van der Waals surface area contributed by atoms with E-state index in [2.05, 4.69) is 14.8 Å². The van der Waals surface area contributed by atoms with E-state index in [0.29, 0.717) is 0 Å². The fourth-order valence-corrected chi connectivity index (χ4v) is 4.99. The third-order valence-electron chi connectivity index (χ3n) is 4.39. The van der Waals surface area contributed by atoms with Gasteiger partial charge in [-0.1, -0.05) is 12.1 Å². The van der Waals surface area contributed by atoms with Gasteiger partial charge in [-0.3, -0.25) is 4.79 Å². The Kier molecular flexibility index (Phi) is 6.86. The van der Waals surface area contributed by atoms with E-state index in [1.165, 1.54) is 42.5 Å². The quantitative estimate of drug-likeness (QED) is 0.467. The van der Waals surface area contributed by atoms with E-state index in [-0.39, 0.29) is 40.9 Å². The van der Waals surface area contributed by atoms with Crippen LogP contribution in [0.5, 0.6) is 0 Å². The lowest BCUT2D eigenvalue weighted by atomic mass is 10.2. The number of hydrogen-bond donors (Lipinski definition) is 3. The highest BCUT2D eigenvalue weighted by molar-refractivity contribution is 7.90. The Morgan fingerprint density at radius 2 is 1.50 bits per heavy atom. The third kappa shape index (κ3) is 5.85. The van der Waals surface area contributed by atoms with E-state index in [4.69, 9.17) is 0 Å². The van der Waals surface area contributed by atoms with Gasteiger partial charge in [0, 0.05) is 19.1 Å². The molecule has 0 spiro atoms. The largest absolute Gasteiger partial charge is 0.352 e. The van der Waals surface area contributed by atoms with Crippen molar-refractivity contribution in [2.24, 2.45) is 0 Å². The molecule has 11 heteroatoms. The second-order valence-electron chi connectivity index (χ2n) is 6.85. The second-order valence-corrected chi connectivity index (χ2v) is 10.3. The zero-order valence-corrected chi connectivity index (χ0v) is 17.6. The van der Waals surface area contributed by atoms with Crippen molar-refractivity contribution in [2.45, 2.75) is 35.1 Å². The van der Waals surface area contributed by atoms with E-state index in [1.54, 1.807) is 6.07 Å². The van der Waals surface area contributed by atoms with Gasteiger partial charge in [0.15, 0.2) is 0 Å². The molecule has 0 saturated heterocycles. The fourth-order valence-electron chi connectivity index (χ4n) is 2.61. The zero-order valence-electron chi connectivity index (χ0n) is 16.0. The Balaban J connectivity index is 1.48. The van der Waals surface area contributed by atoms with E-state index in [1.807, 2.05) is 0 Å². The first-order chi connectivity index (χ1) is 14.2. The van der Waals surface area contributed by atoms with Gasteiger partial charge in [0.25, 0.3) is 5.91 Å². The standard InChI is InChI=1S/C19H22FN3O5S2/c20-18-5-2-1-4-17(18)19(24)21-12-3-13-22-29(25,26)15-8-10-16(11-9-15)30(27,28)23-14-6-7-14/h1-2,4-5,8-11,14,22-23H,3,6-7,12-13H2,(H,21,24). The van der Waals surface area contributed by atoms with Crippen LogP contribution in [0.1, 0.15) is 29.6 Å². The van der Waals surface area contributed by atoms with Gasteiger partial charge < -0.3 is 5.32 Å². The van der Waals surface area contributed by atoms with Crippen molar-refractivity contribution in [1.29, 1.82) is 0 Å². The molecule has 3 rings (SSSR count). The Morgan fingerprint density at radius 3 is 2.10 bits per heavy atom. The third-order valence-corrected chi connectivity index (χ3v) is 7.41. The molecule has 0 heterocycles. The van der Waals surface area contributed by atoms with Crippen LogP contribution < -0.4 is 14.8 Å². The summed E-state index contributed by atoms with van der Waals surface area (Å²) in [6.45, 7) is 0.197. The monoisotopic (exact) mass is 455 g/mol. The molecule has 8 nitrogen and oxygen atoms in total. The van der Waals surface area contributed by atoms with Crippen LogP contribution in [-0.4, -0.2) is 41.9 Å². The number of amides is 1. The Morgan fingerprint density at radius 1 is 0.900 bits per heavy atom. The first kappa shape index (κ1) is 22.3. The SMILES string of the molecule is O=C(NCCCNS(=O)(=O)c1ccc(S(=O)(=O)NC2CC2)cc1)c1ccccc1F. The molecule has 3 N–H and O–H groups in total. The number of carbonyl (C=O) groups excluding carboxylic acids is 1. The van der Waals surface area contributed by atoms with Crippen LogP contribution in [0.3, 0.4) is 0 Å². The molecule has 1 aliphatic carbocycles. The molecule has 2 aromatic carbocycles. The summed E-state index contributed by atoms with van der Waals surface area (Å²) in [7, 11) is -7.48. The maximum absolute atomic E-state index is 13.5. The number of rotatable bonds is 10. The molecule has 1 fully saturated rings. The van der Waals surface area contributed by atoms with Gasteiger partial charge in [0.1, 0.15) is 5.82 Å². The summed E-state index contributed by atoms with van der Waals surface area (Å²) in [5.41, 5.74) is -0.0794. The lowest BCUT2D eigenvalue weighted by molar-refractivity contribution is 0.0949. The molecule has 1 aliphatic rings. The van der Waals surface area contributed by atoms with E-state index < -0.39 is 31.8 Å². The van der Waals surface area contributed by atoms with Gasteiger partial charge in [0.05, 0.1) is 15.4 Å². The number of sulfonamides is 2. The molecule has 0 unspecified atom stereocenters. The highest BCUT2D eigenvalue weighted by Gasteiger charge is 2.28. The van der Waals surface area contributed by atoms with Crippen molar-refractivity contribution in [3.8, 4) is 0 Å². The molecular formula is C19H22FN3O5S2. The lowest BCUT2D eigenvalue weighted by Gasteiger charge is -2.09.